The van der Waals surface area contributed by atoms with Gasteiger partial charge in [-0.2, -0.15) is 0 Å². The summed E-state index contributed by atoms with van der Waals surface area (Å²) in [4.78, 5) is 16.1. The van der Waals surface area contributed by atoms with Gasteiger partial charge in [-0.15, -0.1) is 0 Å². The fourth-order valence-electron chi connectivity index (χ4n) is 4.61. The first-order valence-corrected chi connectivity index (χ1v) is 11.4. The van der Waals surface area contributed by atoms with Crippen molar-refractivity contribution in [3.63, 3.8) is 0 Å². The topological polar surface area (TPSA) is 120 Å². The molecule has 1 aliphatic carbocycles. The van der Waals surface area contributed by atoms with E-state index in [-0.39, 0.29) is 17.3 Å². The van der Waals surface area contributed by atoms with Gasteiger partial charge < -0.3 is 22.1 Å². The zero-order valence-electron chi connectivity index (χ0n) is 17.4. The fourth-order valence-corrected chi connectivity index (χ4v) is 5.62. The Hall–Kier alpha value is -2.03. The van der Waals surface area contributed by atoms with Crippen LogP contribution in [-0.2, 0) is 0 Å². The van der Waals surface area contributed by atoms with Crippen molar-refractivity contribution in [1.29, 1.82) is 0 Å². The van der Waals surface area contributed by atoms with E-state index < -0.39 is 0 Å². The molecule has 1 saturated heterocycles. The van der Waals surface area contributed by atoms with Gasteiger partial charge >= 0.3 is 0 Å². The van der Waals surface area contributed by atoms with E-state index in [9.17, 15) is 0 Å². The molecular weight excluding hydrogens is 418 g/mol. The van der Waals surface area contributed by atoms with Gasteiger partial charge in [-0.05, 0) is 51.0 Å². The first-order chi connectivity index (χ1) is 14.3. The second-order valence-electron chi connectivity index (χ2n) is 8.38. The Kier molecular flexibility index (Phi) is 5.83. The Bertz CT molecular complexity index is 981. The number of anilines is 3. The summed E-state index contributed by atoms with van der Waals surface area (Å²) >= 11 is 7.57. The summed E-state index contributed by atoms with van der Waals surface area (Å²) in [7, 11) is 0. The number of halogens is 1. The normalized spacial score (nSPS) is 20.7. The largest absolute Gasteiger partial charge is 0.382 e. The quantitative estimate of drug-likeness (QED) is 0.608. The fraction of sp³-hybridized carbons (Fsp3) is 0.476. The van der Waals surface area contributed by atoms with Crippen molar-refractivity contribution in [1.82, 2.24) is 15.0 Å². The first-order valence-electron chi connectivity index (χ1n) is 10.2. The van der Waals surface area contributed by atoms with Crippen molar-refractivity contribution in [2.24, 2.45) is 11.1 Å². The highest BCUT2D eigenvalue weighted by Crippen LogP contribution is 2.49. The van der Waals surface area contributed by atoms with Crippen molar-refractivity contribution in [3.05, 3.63) is 34.6 Å². The predicted molar refractivity (Wildman–Crippen MR) is 124 cm³/mol. The van der Waals surface area contributed by atoms with E-state index >= 15 is 0 Å². The van der Waals surface area contributed by atoms with Crippen LogP contribution in [-0.4, -0.2) is 34.1 Å². The van der Waals surface area contributed by atoms with Crippen LogP contribution < -0.4 is 22.1 Å². The number of allylic oxidation sites excluding steroid dienone is 1. The van der Waals surface area contributed by atoms with Crippen LogP contribution in [0.3, 0.4) is 0 Å². The molecule has 2 fully saturated rings. The molecule has 3 heterocycles. The van der Waals surface area contributed by atoms with Gasteiger partial charge in [0, 0.05) is 30.2 Å². The molecule has 9 heteroatoms. The van der Waals surface area contributed by atoms with Gasteiger partial charge in [0.2, 0.25) is 0 Å². The summed E-state index contributed by atoms with van der Waals surface area (Å²) in [5.74, 6) is 1.48. The Labute approximate surface area is 186 Å². The standard InChI is InChI=1S/C21H28ClN7S/c1-12(2)13-3-5-21(17(13)23)6-9-29(10-7-21)15-11-27-20(19(25)28-15)30-14-4-8-26-18(24)16(14)22/h4,8,11,17H,3,5-7,9-10,23H2,1-2H3,(H2,24,26)(H2,25,28)/t17-/m1/s1. The van der Waals surface area contributed by atoms with Gasteiger partial charge in [0.1, 0.15) is 16.7 Å². The third-order valence-corrected chi connectivity index (χ3v) is 8.07. The third-order valence-electron chi connectivity index (χ3n) is 6.49. The van der Waals surface area contributed by atoms with E-state index in [0.717, 1.165) is 43.1 Å². The second-order valence-corrected chi connectivity index (χ2v) is 9.79. The lowest BCUT2D eigenvalue weighted by Gasteiger charge is -2.42. The minimum Gasteiger partial charge on any atom is -0.382 e. The molecule has 7 nitrogen and oxygen atoms in total. The van der Waals surface area contributed by atoms with Crippen LogP contribution >= 0.6 is 23.4 Å². The minimum absolute atomic E-state index is 0.178. The van der Waals surface area contributed by atoms with Gasteiger partial charge in [0.15, 0.2) is 5.82 Å². The molecule has 1 saturated carbocycles. The maximum absolute atomic E-state index is 6.66. The van der Waals surface area contributed by atoms with Crippen LogP contribution in [0.15, 0.2) is 39.5 Å². The number of pyridine rings is 1. The number of rotatable bonds is 3. The molecule has 0 unspecified atom stereocenters. The third kappa shape index (κ3) is 3.84. The van der Waals surface area contributed by atoms with Crippen LogP contribution in [0.4, 0.5) is 17.5 Å². The average Bonchev–Trinajstić information content (AvgIpc) is 3.03. The van der Waals surface area contributed by atoms with Gasteiger partial charge in [0.05, 0.1) is 11.2 Å². The van der Waals surface area contributed by atoms with E-state index in [1.54, 1.807) is 18.5 Å². The Balaban J connectivity index is 1.46. The average molecular weight is 446 g/mol. The molecule has 0 radical (unpaired) electrons. The number of hydrogen-bond donors (Lipinski definition) is 3. The highest BCUT2D eigenvalue weighted by molar-refractivity contribution is 7.99. The van der Waals surface area contributed by atoms with Gasteiger partial charge in [-0.25, -0.2) is 15.0 Å². The second kappa shape index (κ2) is 8.24. The van der Waals surface area contributed by atoms with Crippen molar-refractivity contribution in [2.45, 2.75) is 55.5 Å². The lowest BCUT2D eigenvalue weighted by molar-refractivity contribution is 0.204. The van der Waals surface area contributed by atoms with Crippen LogP contribution in [0.1, 0.15) is 39.5 Å². The number of hydrogen-bond acceptors (Lipinski definition) is 8. The van der Waals surface area contributed by atoms with E-state index in [1.165, 1.54) is 29.3 Å². The van der Waals surface area contributed by atoms with E-state index in [0.29, 0.717) is 15.9 Å². The first kappa shape index (κ1) is 21.2. The monoisotopic (exact) mass is 445 g/mol. The van der Waals surface area contributed by atoms with Gasteiger partial charge in [-0.3, -0.25) is 0 Å². The molecule has 2 aliphatic rings. The molecule has 2 aromatic heterocycles. The summed E-state index contributed by atoms with van der Waals surface area (Å²) in [6.07, 6.45) is 7.83. The lowest BCUT2D eigenvalue weighted by Crippen LogP contribution is -2.47. The molecular formula is C21H28ClN7S. The Morgan fingerprint density at radius 1 is 1.17 bits per heavy atom. The highest BCUT2D eigenvalue weighted by atomic mass is 35.5. The molecule has 30 heavy (non-hydrogen) atoms. The Morgan fingerprint density at radius 3 is 2.53 bits per heavy atom. The zero-order valence-corrected chi connectivity index (χ0v) is 18.9. The zero-order chi connectivity index (χ0) is 21.5. The SMILES string of the molecule is CC(C)=C1CCC2(CCN(c3cnc(Sc4ccnc(N)c4Cl)c(N)n3)CC2)[C@@H]1N. The Morgan fingerprint density at radius 2 is 1.90 bits per heavy atom. The van der Waals surface area contributed by atoms with Crippen molar-refractivity contribution >= 4 is 40.8 Å². The number of piperidine rings is 1. The van der Waals surface area contributed by atoms with E-state index in [4.69, 9.17) is 28.8 Å². The molecule has 2 aromatic rings. The summed E-state index contributed by atoms with van der Waals surface area (Å²) in [5, 5.41) is 1.00. The van der Waals surface area contributed by atoms with Gasteiger partial charge in [0.25, 0.3) is 0 Å². The number of aromatic nitrogens is 3. The summed E-state index contributed by atoms with van der Waals surface area (Å²) in [6, 6.07) is 1.96. The number of nitrogen functional groups attached to an aromatic ring is 2. The summed E-state index contributed by atoms with van der Waals surface area (Å²) < 4.78 is 0. The van der Waals surface area contributed by atoms with Crippen LogP contribution in [0.2, 0.25) is 5.02 Å². The molecule has 0 amide bonds. The molecule has 1 aliphatic heterocycles. The molecule has 0 aromatic carbocycles. The van der Waals surface area contributed by atoms with Crippen molar-refractivity contribution in [3.8, 4) is 0 Å². The molecule has 160 valence electrons. The van der Waals surface area contributed by atoms with Crippen molar-refractivity contribution in [2.75, 3.05) is 29.5 Å². The molecule has 1 spiro atoms. The molecule has 4 rings (SSSR count). The van der Waals surface area contributed by atoms with Gasteiger partial charge in [-0.1, -0.05) is 34.5 Å². The number of nitrogens with two attached hydrogens (primary N) is 3. The van der Waals surface area contributed by atoms with E-state index in [1.807, 2.05) is 0 Å². The number of nitrogens with zero attached hydrogens (tertiary/aromatic N) is 4. The van der Waals surface area contributed by atoms with Crippen molar-refractivity contribution < 1.29 is 0 Å². The predicted octanol–water partition coefficient (Wildman–Crippen LogP) is 3.88. The minimum atomic E-state index is 0.178. The maximum atomic E-state index is 6.66. The molecule has 0 bridgehead atoms. The lowest BCUT2D eigenvalue weighted by atomic mass is 9.73. The highest BCUT2D eigenvalue weighted by Gasteiger charge is 2.45. The molecule has 6 N–H and O–H groups in total. The van der Waals surface area contributed by atoms with Crippen LogP contribution in [0, 0.1) is 5.41 Å². The summed E-state index contributed by atoms with van der Waals surface area (Å²) in [5.41, 5.74) is 21.7. The smallest absolute Gasteiger partial charge is 0.158 e. The summed E-state index contributed by atoms with van der Waals surface area (Å²) in [6.45, 7) is 6.18. The van der Waals surface area contributed by atoms with Crippen LogP contribution in [0.25, 0.3) is 0 Å². The van der Waals surface area contributed by atoms with Crippen LogP contribution in [0.5, 0.6) is 0 Å². The maximum Gasteiger partial charge on any atom is 0.158 e. The van der Waals surface area contributed by atoms with E-state index in [2.05, 4.69) is 33.7 Å². The molecule has 1 atom stereocenters.